The maximum absolute atomic E-state index is 5.50. The molecule has 0 aromatic rings. The summed E-state index contributed by atoms with van der Waals surface area (Å²) in [6.45, 7) is 9.17. The number of hydrogen-bond donors (Lipinski definition) is 1. The Labute approximate surface area is 92.3 Å². The van der Waals surface area contributed by atoms with Crippen molar-refractivity contribution < 1.29 is 14.2 Å². The first kappa shape index (κ1) is 12.9. The van der Waals surface area contributed by atoms with Crippen LogP contribution in [0.15, 0.2) is 0 Å². The van der Waals surface area contributed by atoms with Gasteiger partial charge in [0, 0.05) is 13.2 Å². The second-order valence-corrected chi connectivity index (χ2v) is 4.05. The van der Waals surface area contributed by atoms with E-state index in [1.807, 2.05) is 0 Å². The van der Waals surface area contributed by atoms with E-state index in [2.05, 4.69) is 19.2 Å². The van der Waals surface area contributed by atoms with Crippen molar-refractivity contribution >= 4 is 0 Å². The fourth-order valence-corrected chi connectivity index (χ4v) is 1.25. The predicted molar refractivity (Wildman–Crippen MR) is 59.1 cm³/mol. The fourth-order valence-electron chi connectivity index (χ4n) is 1.25. The van der Waals surface area contributed by atoms with Crippen LogP contribution < -0.4 is 5.32 Å². The predicted octanol–water partition coefficient (Wildman–Crippen LogP) is 0.806. The molecule has 1 heterocycles. The topological polar surface area (TPSA) is 39.7 Å². The van der Waals surface area contributed by atoms with Crippen LogP contribution in [0, 0.1) is 0 Å². The maximum Gasteiger partial charge on any atom is 0.104 e. The first-order valence-corrected chi connectivity index (χ1v) is 5.80. The van der Waals surface area contributed by atoms with Crippen molar-refractivity contribution in [3.63, 3.8) is 0 Å². The van der Waals surface area contributed by atoms with E-state index in [1.54, 1.807) is 0 Å². The number of hydrogen-bond acceptors (Lipinski definition) is 4. The van der Waals surface area contributed by atoms with E-state index in [9.17, 15) is 0 Å². The highest BCUT2D eigenvalue weighted by molar-refractivity contribution is 4.64. The summed E-state index contributed by atoms with van der Waals surface area (Å²) < 4.78 is 15.9. The van der Waals surface area contributed by atoms with E-state index in [4.69, 9.17) is 14.2 Å². The van der Waals surface area contributed by atoms with Crippen molar-refractivity contribution in [1.82, 2.24) is 5.32 Å². The van der Waals surface area contributed by atoms with E-state index in [1.165, 1.54) is 0 Å². The van der Waals surface area contributed by atoms with Gasteiger partial charge in [0.25, 0.3) is 0 Å². The second-order valence-electron chi connectivity index (χ2n) is 4.05. The fraction of sp³-hybridized carbons (Fsp3) is 1.00. The van der Waals surface area contributed by atoms with Gasteiger partial charge < -0.3 is 19.5 Å². The van der Waals surface area contributed by atoms with Crippen molar-refractivity contribution in [2.45, 2.75) is 32.5 Å². The van der Waals surface area contributed by atoms with Crippen molar-refractivity contribution in [1.29, 1.82) is 0 Å². The molecule has 0 amide bonds. The molecule has 0 aromatic carbocycles. The SMILES string of the molecule is CC(C)OCCCNCCOC1COC1. The molecular formula is C11H23NO3. The molecule has 0 spiro atoms. The van der Waals surface area contributed by atoms with Crippen molar-refractivity contribution in [2.24, 2.45) is 0 Å². The van der Waals surface area contributed by atoms with Crippen molar-refractivity contribution in [3.8, 4) is 0 Å². The minimum Gasteiger partial charge on any atom is -0.379 e. The lowest BCUT2D eigenvalue weighted by Gasteiger charge is -2.25. The first-order chi connectivity index (χ1) is 7.29. The average Bonchev–Trinajstić information content (AvgIpc) is 2.12. The Morgan fingerprint density at radius 3 is 2.67 bits per heavy atom. The van der Waals surface area contributed by atoms with Crippen molar-refractivity contribution in [3.05, 3.63) is 0 Å². The smallest absolute Gasteiger partial charge is 0.104 e. The van der Waals surface area contributed by atoms with Crippen molar-refractivity contribution in [2.75, 3.05) is 39.5 Å². The number of ether oxygens (including phenoxy) is 3. The summed E-state index contributed by atoms with van der Waals surface area (Å²) in [5.41, 5.74) is 0. The van der Waals surface area contributed by atoms with Crippen LogP contribution in [0.1, 0.15) is 20.3 Å². The highest BCUT2D eigenvalue weighted by Gasteiger charge is 2.17. The van der Waals surface area contributed by atoms with Gasteiger partial charge in [-0.15, -0.1) is 0 Å². The van der Waals surface area contributed by atoms with Gasteiger partial charge in [-0.2, -0.15) is 0 Å². The standard InChI is InChI=1S/C11H23NO3/c1-10(2)14-6-3-4-12-5-7-15-11-8-13-9-11/h10-12H,3-9H2,1-2H3. The number of nitrogens with one attached hydrogen (secondary N) is 1. The van der Waals surface area contributed by atoms with Gasteiger partial charge in [0.2, 0.25) is 0 Å². The van der Waals surface area contributed by atoms with Gasteiger partial charge in [-0.1, -0.05) is 0 Å². The van der Waals surface area contributed by atoms with Crippen LogP contribution in [0.3, 0.4) is 0 Å². The zero-order chi connectivity index (χ0) is 10.9. The Kier molecular flexibility index (Phi) is 6.92. The molecule has 15 heavy (non-hydrogen) atoms. The molecule has 4 nitrogen and oxygen atoms in total. The zero-order valence-corrected chi connectivity index (χ0v) is 9.83. The molecule has 1 aliphatic rings. The third-order valence-electron chi connectivity index (χ3n) is 2.19. The average molecular weight is 217 g/mol. The molecule has 0 atom stereocenters. The maximum atomic E-state index is 5.50. The van der Waals surface area contributed by atoms with E-state index in [-0.39, 0.29) is 0 Å². The molecule has 0 bridgehead atoms. The van der Waals surface area contributed by atoms with Gasteiger partial charge in [-0.05, 0) is 26.8 Å². The molecule has 1 fully saturated rings. The van der Waals surface area contributed by atoms with Crippen LogP contribution in [0.4, 0.5) is 0 Å². The van der Waals surface area contributed by atoms with E-state index in [0.29, 0.717) is 12.2 Å². The molecule has 0 aliphatic carbocycles. The summed E-state index contributed by atoms with van der Waals surface area (Å²) in [7, 11) is 0. The quantitative estimate of drug-likeness (QED) is 0.580. The van der Waals surface area contributed by atoms with Crippen LogP contribution in [0.5, 0.6) is 0 Å². The summed E-state index contributed by atoms with van der Waals surface area (Å²) >= 11 is 0. The molecule has 0 unspecified atom stereocenters. The molecule has 4 heteroatoms. The molecule has 0 radical (unpaired) electrons. The summed E-state index contributed by atoms with van der Waals surface area (Å²) in [4.78, 5) is 0. The minimum atomic E-state index is 0.340. The Bertz CT molecular complexity index is 149. The van der Waals surface area contributed by atoms with E-state index >= 15 is 0 Å². The molecule has 90 valence electrons. The monoisotopic (exact) mass is 217 g/mol. The third kappa shape index (κ3) is 6.84. The van der Waals surface area contributed by atoms with Crippen LogP contribution in [-0.4, -0.2) is 51.7 Å². The van der Waals surface area contributed by atoms with Crippen LogP contribution in [0.2, 0.25) is 0 Å². The Morgan fingerprint density at radius 1 is 1.27 bits per heavy atom. The number of rotatable bonds is 9. The third-order valence-corrected chi connectivity index (χ3v) is 2.19. The molecular weight excluding hydrogens is 194 g/mol. The molecule has 0 aromatic heterocycles. The minimum absolute atomic E-state index is 0.340. The van der Waals surface area contributed by atoms with Crippen LogP contribution >= 0.6 is 0 Å². The first-order valence-electron chi connectivity index (χ1n) is 5.80. The highest BCUT2D eigenvalue weighted by atomic mass is 16.6. The van der Waals surface area contributed by atoms with Crippen LogP contribution in [0.25, 0.3) is 0 Å². The van der Waals surface area contributed by atoms with Gasteiger partial charge in [0.1, 0.15) is 6.10 Å². The molecule has 1 aliphatic heterocycles. The summed E-state index contributed by atoms with van der Waals surface area (Å²) in [5.74, 6) is 0. The largest absolute Gasteiger partial charge is 0.379 e. The van der Waals surface area contributed by atoms with E-state index in [0.717, 1.165) is 45.9 Å². The summed E-state index contributed by atoms with van der Waals surface area (Å²) in [6.07, 6.45) is 1.74. The van der Waals surface area contributed by atoms with Gasteiger partial charge in [-0.25, -0.2) is 0 Å². The Morgan fingerprint density at radius 2 is 2.07 bits per heavy atom. The van der Waals surface area contributed by atoms with Gasteiger partial charge in [-0.3, -0.25) is 0 Å². The lowest BCUT2D eigenvalue weighted by molar-refractivity contribution is -0.128. The Balaban J connectivity index is 1.69. The van der Waals surface area contributed by atoms with Gasteiger partial charge >= 0.3 is 0 Å². The van der Waals surface area contributed by atoms with Gasteiger partial charge in [0.05, 0.1) is 25.9 Å². The summed E-state index contributed by atoms with van der Waals surface area (Å²) in [6, 6.07) is 0. The molecule has 1 rings (SSSR count). The Hall–Kier alpha value is -0.160. The van der Waals surface area contributed by atoms with Gasteiger partial charge in [0.15, 0.2) is 0 Å². The lowest BCUT2D eigenvalue weighted by atomic mass is 10.3. The normalized spacial score (nSPS) is 17.0. The molecule has 1 N–H and O–H groups in total. The zero-order valence-electron chi connectivity index (χ0n) is 9.83. The molecule has 0 saturated carbocycles. The molecule has 1 saturated heterocycles. The van der Waals surface area contributed by atoms with Crippen LogP contribution in [-0.2, 0) is 14.2 Å². The van der Waals surface area contributed by atoms with E-state index < -0.39 is 0 Å². The second kappa shape index (κ2) is 8.05. The highest BCUT2D eigenvalue weighted by Crippen LogP contribution is 2.03. The summed E-state index contributed by atoms with van der Waals surface area (Å²) in [5, 5.41) is 3.32. The lowest BCUT2D eigenvalue weighted by Crippen LogP contribution is -2.37.